The number of nitrogens with two attached hydrogens (primary N) is 1. The van der Waals surface area contributed by atoms with E-state index >= 15 is 0 Å². The summed E-state index contributed by atoms with van der Waals surface area (Å²) in [5.41, 5.74) is 6.29. The number of hydrogen-bond donors (Lipinski definition) is 2. The molecule has 1 aliphatic rings. The molecule has 0 aliphatic heterocycles. The van der Waals surface area contributed by atoms with Gasteiger partial charge in [-0.1, -0.05) is 12.8 Å². The average molecular weight is 279 g/mol. The van der Waals surface area contributed by atoms with E-state index in [2.05, 4.69) is 11.9 Å². The third-order valence-electron chi connectivity index (χ3n) is 4.18. The molecule has 20 heavy (non-hydrogen) atoms. The molecule has 0 radical (unpaired) electrons. The monoisotopic (exact) mass is 279 g/mol. The fourth-order valence-electron chi connectivity index (χ4n) is 2.99. The minimum absolute atomic E-state index is 0.0143. The molecule has 112 valence electrons. The molecule has 2 unspecified atom stereocenters. The van der Waals surface area contributed by atoms with Crippen LogP contribution in [0.1, 0.15) is 32.1 Å². The van der Waals surface area contributed by atoms with Crippen molar-refractivity contribution in [2.45, 2.75) is 50.8 Å². The Morgan fingerprint density at radius 3 is 2.90 bits per heavy atom. The van der Waals surface area contributed by atoms with Gasteiger partial charge in [0.05, 0.1) is 6.10 Å². The Hall–Kier alpha value is -1.33. The van der Waals surface area contributed by atoms with Gasteiger partial charge < -0.3 is 20.3 Å². The molecule has 5 heteroatoms. The van der Waals surface area contributed by atoms with Gasteiger partial charge in [-0.15, -0.1) is 0 Å². The van der Waals surface area contributed by atoms with Crippen molar-refractivity contribution >= 4 is 5.69 Å². The second-order valence-electron chi connectivity index (χ2n) is 5.75. The van der Waals surface area contributed by atoms with Crippen molar-refractivity contribution in [3.8, 4) is 0 Å². The van der Waals surface area contributed by atoms with Gasteiger partial charge in [-0.05, 0) is 38.9 Å². The molecule has 1 aromatic rings. The number of hydrogen-bond acceptors (Lipinski definition) is 4. The summed E-state index contributed by atoms with van der Waals surface area (Å²) in [6, 6.07) is 3.40. The van der Waals surface area contributed by atoms with Crippen LogP contribution in [0.3, 0.4) is 0 Å². The molecule has 0 amide bonds. The highest BCUT2D eigenvalue weighted by atomic mass is 16.3. The summed E-state index contributed by atoms with van der Waals surface area (Å²) in [4.78, 5) is 13.9. The summed E-state index contributed by atoms with van der Waals surface area (Å²) in [6.45, 7) is 1.54. The van der Waals surface area contributed by atoms with E-state index in [1.54, 1.807) is 16.8 Å². The lowest BCUT2D eigenvalue weighted by atomic mass is 9.91. The fraction of sp³-hybridized carbons (Fsp3) is 0.667. The first kappa shape index (κ1) is 15.1. The summed E-state index contributed by atoms with van der Waals surface area (Å²) in [5.74, 6) is 0. The van der Waals surface area contributed by atoms with Crippen molar-refractivity contribution in [3.05, 3.63) is 28.7 Å². The molecule has 2 atom stereocenters. The van der Waals surface area contributed by atoms with E-state index < -0.39 is 0 Å². The van der Waals surface area contributed by atoms with Crippen LogP contribution in [0.5, 0.6) is 0 Å². The Labute approximate surface area is 120 Å². The quantitative estimate of drug-likeness (QED) is 0.845. The van der Waals surface area contributed by atoms with E-state index in [4.69, 9.17) is 5.73 Å². The van der Waals surface area contributed by atoms with Gasteiger partial charge in [-0.2, -0.15) is 0 Å². The molecule has 1 fully saturated rings. The van der Waals surface area contributed by atoms with Crippen LogP contribution in [-0.2, 0) is 6.54 Å². The number of aliphatic hydroxyl groups excluding tert-OH is 1. The SMILES string of the molecule is CN(CCCn1cc(N)ccc1=O)C1CCCCC1O. The van der Waals surface area contributed by atoms with Crippen LogP contribution in [0, 0.1) is 0 Å². The molecule has 1 aliphatic carbocycles. The first-order chi connectivity index (χ1) is 9.58. The van der Waals surface area contributed by atoms with Gasteiger partial charge in [0.15, 0.2) is 0 Å². The summed E-state index contributed by atoms with van der Waals surface area (Å²) in [7, 11) is 2.06. The Morgan fingerprint density at radius 2 is 2.15 bits per heavy atom. The molecule has 2 rings (SSSR count). The van der Waals surface area contributed by atoms with Gasteiger partial charge in [0.1, 0.15) is 0 Å². The van der Waals surface area contributed by atoms with Crippen LogP contribution in [0.4, 0.5) is 5.69 Å². The Kier molecular flexibility index (Phi) is 5.20. The maximum absolute atomic E-state index is 11.7. The number of pyridine rings is 1. The lowest BCUT2D eigenvalue weighted by Crippen LogP contribution is -2.43. The minimum atomic E-state index is -0.205. The number of nitrogens with zero attached hydrogens (tertiary/aromatic N) is 2. The third-order valence-corrected chi connectivity index (χ3v) is 4.18. The molecule has 0 spiro atoms. The lowest BCUT2D eigenvalue weighted by Gasteiger charge is -2.35. The predicted octanol–water partition coefficient (Wildman–Crippen LogP) is 1.06. The van der Waals surface area contributed by atoms with Crippen LogP contribution in [0.2, 0.25) is 0 Å². The second kappa shape index (κ2) is 6.90. The maximum Gasteiger partial charge on any atom is 0.250 e. The molecule has 1 heterocycles. The van der Waals surface area contributed by atoms with E-state index in [0.29, 0.717) is 12.2 Å². The summed E-state index contributed by atoms with van der Waals surface area (Å²) in [6.07, 6.45) is 6.66. The molecule has 3 N–H and O–H groups in total. The van der Waals surface area contributed by atoms with Gasteiger partial charge in [-0.25, -0.2) is 0 Å². The third kappa shape index (κ3) is 3.84. The molecule has 5 nitrogen and oxygen atoms in total. The number of anilines is 1. The van der Waals surface area contributed by atoms with E-state index in [1.165, 1.54) is 12.5 Å². The number of rotatable bonds is 5. The Morgan fingerprint density at radius 1 is 1.40 bits per heavy atom. The zero-order chi connectivity index (χ0) is 14.5. The van der Waals surface area contributed by atoms with Crippen LogP contribution in [0.25, 0.3) is 0 Å². The number of nitrogen functional groups attached to an aromatic ring is 1. The lowest BCUT2D eigenvalue weighted by molar-refractivity contribution is 0.0314. The highest BCUT2D eigenvalue weighted by Crippen LogP contribution is 2.22. The number of aryl methyl sites for hydroxylation is 1. The molecule has 0 aromatic carbocycles. The van der Waals surface area contributed by atoms with Crippen molar-refractivity contribution in [1.29, 1.82) is 0 Å². The topological polar surface area (TPSA) is 71.5 Å². The van der Waals surface area contributed by atoms with Gasteiger partial charge in [0.25, 0.3) is 5.56 Å². The summed E-state index contributed by atoms with van der Waals surface area (Å²) < 4.78 is 1.65. The maximum atomic E-state index is 11.7. The van der Waals surface area contributed by atoms with Crippen LogP contribution in [0.15, 0.2) is 23.1 Å². The highest BCUT2D eigenvalue weighted by molar-refractivity contribution is 5.33. The molecule has 0 saturated heterocycles. The van der Waals surface area contributed by atoms with E-state index in [-0.39, 0.29) is 17.7 Å². The van der Waals surface area contributed by atoms with E-state index in [9.17, 15) is 9.90 Å². The zero-order valence-corrected chi connectivity index (χ0v) is 12.2. The highest BCUT2D eigenvalue weighted by Gasteiger charge is 2.25. The van der Waals surface area contributed by atoms with E-state index in [0.717, 1.165) is 32.2 Å². The van der Waals surface area contributed by atoms with Crippen LogP contribution < -0.4 is 11.3 Å². The number of aliphatic hydroxyl groups is 1. The smallest absolute Gasteiger partial charge is 0.250 e. The summed E-state index contributed by atoms with van der Waals surface area (Å²) in [5, 5.41) is 10.0. The summed E-state index contributed by atoms with van der Waals surface area (Å²) >= 11 is 0. The normalized spacial score (nSPS) is 23.1. The van der Waals surface area contributed by atoms with Gasteiger partial charge in [0.2, 0.25) is 0 Å². The standard InChI is InChI=1S/C15H25N3O2/c1-17(13-5-2-3-6-14(13)19)9-4-10-18-11-12(16)7-8-15(18)20/h7-8,11,13-14,19H,2-6,9-10,16H2,1H3. The van der Waals surface area contributed by atoms with Crippen LogP contribution >= 0.6 is 0 Å². The van der Waals surface area contributed by atoms with Gasteiger partial charge >= 0.3 is 0 Å². The van der Waals surface area contributed by atoms with Crippen molar-refractivity contribution in [1.82, 2.24) is 9.47 Å². The van der Waals surface area contributed by atoms with Crippen molar-refractivity contribution < 1.29 is 5.11 Å². The molecule has 1 saturated carbocycles. The van der Waals surface area contributed by atoms with Crippen molar-refractivity contribution in [2.75, 3.05) is 19.3 Å². The molecular formula is C15H25N3O2. The first-order valence-corrected chi connectivity index (χ1v) is 7.42. The van der Waals surface area contributed by atoms with Crippen molar-refractivity contribution in [2.24, 2.45) is 0 Å². The van der Waals surface area contributed by atoms with Gasteiger partial charge in [-0.3, -0.25) is 4.79 Å². The van der Waals surface area contributed by atoms with E-state index in [1.807, 2.05) is 0 Å². The zero-order valence-electron chi connectivity index (χ0n) is 12.2. The second-order valence-corrected chi connectivity index (χ2v) is 5.75. The van der Waals surface area contributed by atoms with Crippen molar-refractivity contribution in [3.63, 3.8) is 0 Å². The number of aromatic nitrogens is 1. The molecule has 1 aromatic heterocycles. The Balaban J connectivity index is 1.83. The van der Waals surface area contributed by atoms with Crippen LogP contribution in [-0.4, -0.2) is 40.3 Å². The largest absolute Gasteiger partial charge is 0.398 e. The fourth-order valence-corrected chi connectivity index (χ4v) is 2.99. The molecule has 0 bridgehead atoms. The molecular weight excluding hydrogens is 254 g/mol. The Bertz CT molecular complexity index is 486. The first-order valence-electron chi connectivity index (χ1n) is 7.42. The van der Waals surface area contributed by atoms with Gasteiger partial charge in [0, 0.05) is 30.5 Å². The predicted molar refractivity (Wildman–Crippen MR) is 80.6 cm³/mol. The average Bonchev–Trinajstić information content (AvgIpc) is 2.43. The minimum Gasteiger partial charge on any atom is -0.398 e. The number of likely N-dealkylation sites (N-methyl/N-ethyl adjacent to an activating group) is 1.